The smallest absolute Gasteiger partial charge is 0.226 e. The lowest BCUT2D eigenvalue weighted by molar-refractivity contribution is -0.129. The van der Waals surface area contributed by atoms with E-state index in [4.69, 9.17) is 23.2 Å². The van der Waals surface area contributed by atoms with Crippen molar-refractivity contribution in [1.82, 2.24) is 5.32 Å². The zero-order valence-electron chi connectivity index (χ0n) is 15.0. The zero-order chi connectivity index (χ0) is 19.2. The zero-order valence-corrected chi connectivity index (χ0v) is 16.5. The average molecular weight is 399 g/mol. The molecule has 4 atom stereocenters. The summed E-state index contributed by atoms with van der Waals surface area (Å²) in [6.45, 7) is 2.74. The molecule has 3 nitrogen and oxygen atoms in total. The molecular weight excluding hydrogens is 379 g/mol. The van der Waals surface area contributed by atoms with Gasteiger partial charge >= 0.3 is 0 Å². The van der Waals surface area contributed by atoms with Crippen molar-refractivity contribution >= 4 is 29.1 Å². The number of carbonyl (C=O) groups is 1. The molecule has 0 aromatic heterocycles. The third-order valence-electron chi connectivity index (χ3n) is 6.45. The van der Waals surface area contributed by atoms with Gasteiger partial charge in [-0.3, -0.25) is 4.79 Å². The van der Waals surface area contributed by atoms with Crippen molar-refractivity contribution in [1.29, 1.82) is 5.26 Å². The van der Waals surface area contributed by atoms with E-state index < -0.39 is 0 Å². The molecular formula is C22H20Cl2N2O. The van der Waals surface area contributed by atoms with E-state index >= 15 is 0 Å². The standard InChI is InChI=1S/C22H20Cl2N2O/c1-22-9-8-18(17-7-6-16(24)10-14(17)11-25)20(19(22)12-26-21(22)27)13-2-4-15(23)5-3-13/h2-7,10,18-20H,8-9,12H2,1H3,(H,26,27)/t18-,19-,20-,22+/m0/s1. The maximum Gasteiger partial charge on any atom is 0.226 e. The van der Waals surface area contributed by atoms with Crippen molar-refractivity contribution in [2.24, 2.45) is 11.3 Å². The summed E-state index contributed by atoms with van der Waals surface area (Å²) in [6, 6.07) is 15.8. The summed E-state index contributed by atoms with van der Waals surface area (Å²) in [4.78, 5) is 12.6. The van der Waals surface area contributed by atoms with Crippen LogP contribution in [0.25, 0.3) is 0 Å². The second-order valence-electron chi connectivity index (χ2n) is 7.80. The molecule has 0 radical (unpaired) electrons. The van der Waals surface area contributed by atoms with Crippen LogP contribution in [0.1, 0.15) is 48.3 Å². The Hall–Kier alpha value is -2.02. The van der Waals surface area contributed by atoms with Gasteiger partial charge in [-0.1, -0.05) is 48.3 Å². The summed E-state index contributed by atoms with van der Waals surface area (Å²) in [5.74, 6) is 0.603. The number of nitrogens with one attached hydrogen (secondary N) is 1. The Morgan fingerprint density at radius 3 is 2.56 bits per heavy atom. The van der Waals surface area contributed by atoms with Gasteiger partial charge in [-0.15, -0.1) is 0 Å². The number of halogens is 2. The van der Waals surface area contributed by atoms with Crippen LogP contribution in [0, 0.1) is 22.7 Å². The van der Waals surface area contributed by atoms with E-state index in [1.807, 2.05) is 24.3 Å². The largest absolute Gasteiger partial charge is 0.355 e. The van der Waals surface area contributed by atoms with E-state index in [0.29, 0.717) is 22.2 Å². The Labute approximate surface area is 169 Å². The molecule has 0 spiro atoms. The molecule has 1 amide bonds. The number of rotatable bonds is 2. The third kappa shape index (κ3) is 3.02. The topological polar surface area (TPSA) is 52.9 Å². The molecule has 2 aromatic rings. The van der Waals surface area contributed by atoms with Crippen LogP contribution in [0.4, 0.5) is 0 Å². The Morgan fingerprint density at radius 1 is 1.15 bits per heavy atom. The predicted molar refractivity (Wildman–Crippen MR) is 107 cm³/mol. The molecule has 1 saturated carbocycles. The molecule has 2 fully saturated rings. The van der Waals surface area contributed by atoms with Gasteiger partial charge < -0.3 is 5.32 Å². The number of nitriles is 1. The fraction of sp³-hybridized carbons (Fsp3) is 0.364. The molecule has 1 aliphatic carbocycles. The van der Waals surface area contributed by atoms with Gasteiger partial charge in [0.2, 0.25) is 5.91 Å². The van der Waals surface area contributed by atoms with E-state index in [-0.39, 0.29) is 29.1 Å². The molecule has 5 heteroatoms. The van der Waals surface area contributed by atoms with Crippen LogP contribution in [0.5, 0.6) is 0 Å². The van der Waals surface area contributed by atoms with Crippen molar-refractivity contribution in [3.8, 4) is 6.07 Å². The summed E-state index contributed by atoms with van der Waals surface area (Å²) >= 11 is 12.2. The number of benzene rings is 2. The minimum absolute atomic E-state index is 0.133. The molecule has 1 N–H and O–H groups in total. The van der Waals surface area contributed by atoms with Gasteiger partial charge in [0, 0.05) is 16.6 Å². The van der Waals surface area contributed by atoms with Crippen LogP contribution in [0.15, 0.2) is 42.5 Å². The molecule has 4 rings (SSSR count). The number of hydrogen-bond acceptors (Lipinski definition) is 2. The monoisotopic (exact) mass is 398 g/mol. The van der Waals surface area contributed by atoms with Crippen LogP contribution >= 0.6 is 23.2 Å². The van der Waals surface area contributed by atoms with E-state index in [1.165, 1.54) is 0 Å². The highest BCUT2D eigenvalue weighted by Crippen LogP contribution is 2.57. The van der Waals surface area contributed by atoms with Crippen LogP contribution in [0.3, 0.4) is 0 Å². The normalized spacial score (nSPS) is 29.7. The van der Waals surface area contributed by atoms with Gasteiger partial charge in [0.25, 0.3) is 0 Å². The molecule has 27 heavy (non-hydrogen) atoms. The Morgan fingerprint density at radius 2 is 1.85 bits per heavy atom. The minimum atomic E-state index is -0.375. The fourth-order valence-electron chi connectivity index (χ4n) is 4.98. The van der Waals surface area contributed by atoms with E-state index in [1.54, 1.807) is 6.07 Å². The first kappa shape index (κ1) is 18.3. The first-order chi connectivity index (χ1) is 12.9. The first-order valence-corrected chi connectivity index (χ1v) is 9.93. The summed E-state index contributed by atoms with van der Waals surface area (Å²) in [7, 11) is 0. The van der Waals surface area contributed by atoms with Crippen molar-refractivity contribution in [2.45, 2.75) is 31.6 Å². The lowest BCUT2D eigenvalue weighted by Gasteiger charge is -2.45. The summed E-state index contributed by atoms with van der Waals surface area (Å²) in [5, 5.41) is 14.0. The molecule has 0 bridgehead atoms. The highest BCUT2D eigenvalue weighted by Gasteiger charge is 2.54. The number of amides is 1. The molecule has 0 unspecified atom stereocenters. The van der Waals surface area contributed by atoms with Crippen LogP contribution in [0.2, 0.25) is 10.0 Å². The SMILES string of the molecule is C[C@@]12CC[C@@H](c3ccc(Cl)cc3C#N)[C@H](c3ccc(Cl)cc3)[C@@H]1CNC2=O. The molecule has 138 valence electrons. The van der Waals surface area contributed by atoms with Crippen LogP contribution in [-0.4, -0.2) is 12.5 Å². The number of fused-ring (bicyclic) bond motifs is 1. The molecule has 1 saturated heterocycles. The summed E-state index contributed by atoms with van der Waals surface area (Å²) in [6.07, 6.45) is 1.66. The predicted octanol–water partition coefficient (Wildman–Crippen LogP) is 5.28. The van der Waals surface area contributed by atoms with Crippen molar-refractivity contribution in [3.05, 3.63) is 69.2 Å². The van der Waals surface area contributed by atoms with Crippen LogP contribution < -0.4 is 5.32 Å². The summed E-state index contributed by atoms with van der Waals surface area (Å²) < 4.78 is 0. The Balaban J connectivity index is 1.85. The first-order valence-electron chi connectivity index (χ1n) is 9.17. The number of nitrogens with zero attached hydrogens (tertiary/aromatic N) is 1. The van der Waals surface area contributed by atoms with Crippen LogP contribution in [-0.2, 0) is 4.79 Å². The highest BCUT2D eigenvalue weighted by molar-refractivity contribution is 6.30. The molecule has 2 aliphatic rings. The fourth-order valence-corrected chi connectivity index (χ4v) is 5.28. The third-order valence-corrected chi connectivity index (χ3v) is 6.94. The van der Waals surface area contributed by atoms with Gasteiger partial charge in [-0.25, -0.2) is 0 Å². The summed E-state index contributed by atoms with van der Waals surface area (Å²) in [5.41, 5.74) is 2.42. The van der Waals surface area contributed by atoms with E-state index in [2.05, 4.69) is 30.4 Å². The van der Waals surface area contributed by atoms with E-state index in [9.17, 15) is 10.1 Å². The Kier molecular flexibility index (Phi) is 4.66. The number of hydrogen-bond donors (Lipinski definition) is 1. The molecule has 2 aromatic carbocycles. The minimum Gasteiger partial charge on any atom is -0.355 e. The van der Waals surface area contributed by atoms with Gasteiger partial charge in [-0.05, 0) is 66.0 Å². The van der Waals surface area contributed by atoms with Crippen molar-refractivity contribution < 1.29 is 4.79 Å². The number of carbonyl (C=O) groups excluding carboxylic acids is 1. The maximum atomic E-state index is 12.6. The van der Waals surface area contributed by atoms with Gasteiger partial charge in [0.05, 0.1) is 17.0 Å². The molecule has 1 aliphatic heterocycles. The van der Waals surface area contributed by atoms with E-state index in [0.717, 1.165) is 24.0 Å². The lowest BCUT2D eigenvalue weighted by Crippen LogP contribution is -2.41. The van der Waals surface area contributed by atoms with Gasteiger partial charge in [-0.2, -0.15) is 5.26 Å². The second-order valence-corrected chi connectivity index (χ2v) is 8.67. The van der Waals surface area contributed by atoms with Crippen molar-refractivity contribution in [2.75, 3.05) is 6.54 Å². The van der Waals surface area contributed by atoms with Gasteiger partial charge in [0.1, 0.15) is 0 Å². The quantitative estimate of drug-likeness (QED) is 0.747. The van der Waals surface area contributed by atoms with Gasteiger partial charge in [0.15, 0.2) is 0 Å². The average Bonchev–Trinajstić information content (AvgIpc) is 2.97. The lowest BCUT2D eigenvalue weighted by atomic mass is 9.57. The molecule has 1 heterocycles. The second kappa shape index (κ2) is 6.86. The highest BCUT2D eigenvalue weighted by atomic mass is 35.5. The maximum absolute atomic E-state index is 12.6. The Bertz CT molecular complexity index is 934. The van der Waals surface area contributed by atoms with Crippen molar-refractivity contribution in [3.63, 3.8) is 0 Å².